The number of nitrogens with one attached hydrogen (secondary N) is 1. The van der Waals surface area contributed by atoms with Gasteiger partial charge in [-0.25, -0.2) is 0 Å². The van der Waals surface area contributed by atoms with Crippen LogP contribution in [0.4, 0.5) is 0 Å². The SMILES string of the molecule is CCOC(C)CNC(c1ccccc1)c1ccncc1. The van der Waals surface area contributed by atoms with Crippen molar-refractivity contribution in [3.63, 3.8) is 0 Å². The summed E-state index contributed by atoms with van der Waals surface area (Å²) in [5, 5.41) is 3.58. The van der Waals surface area contributed by atoms with Crippen LogP contribution in [0.3, 0.4) is 0 Å². The summed E-state index contributed by atoms with van der Waals surface area (Å²) in [5.74, 6) is 0. The zero-order chi connectivity index (χ0) is 14.2. The van der Waals surface area contributed by atoms with Gasteiger partial charge in [-0.2, -0.15) is 0 Å². The maximum atomic E-state index is 5.59. The molecule has 0 bridgehead atoms. The Balaban J connectivity index is 2.13. The highest BCUT2D eigenvalue weighted by Gasteiger charge is 2.14. The van der Waals surface area contributed by atoms with E-state index in [1.54, 1.807) is 0 Å². The molecule has 0 spiro atoms. The molecule has 3 nitrogen and oxygen atoms in total. The largest absolute Gasteiger partial charge is 0.377 e. The van der Waals surface area contributed by atoms with Crippen molar-refractivity contribution in [2.75, 3.05) is 13.2 Å². The second-order valence-electron chi connectivity index (χ2n) is 4.80. The van der Waals surface area contributed by atoms with E-state index < -0.39 is 0 Å². The Morgan fingerprint density at radius 3 is 2.35 bits per heavy atom. The number of hydrogen-bond donors (Lipinski definition) is 1. The molecule has 2 rings (SSSR count). The molecular formula is C17H22N2O. The van der Waals surface area contributed by atoms with E-state index in [1.807, 2.05) is 25.4 Å². The summed E-state index contributed by atoms with van der Waals surface area (Å²) < 4.78 is 5.59. The van der Waals surface area contributed by atoms with Crippen molar-refractivity contribution in [3.8, 4) is 0 Å². The van der Waals surface area contributed by atoms with Crippen molar-refractivity contribution in [2.24, 2.45) is 0 Å². The number of benzene rings is 1. The smallest absolute Gasteiger partial charge is 0.0671 e. The van der Waals surface area contributed by atoms with Gasteiger partial charge in [-0.1, -0.05) is 30.3 Å². The van der Waals surface area contributed by atoms with Crippen molar-refractivity contribution in [2.45, 2.75) is 26.0 Å². The molecule has 0 radical (unpaired) electrons. The summed E-state index contributed by atoms with van der Waals surface area (Å²) in [7, 11) is 0. The molecule has 1 heterocycles. The van der Waals surface area contributed by atoms with Crippen LogP contribution < -0.4 is 5.32 Å². The molecule has 2 unspecified atom stereocenters. The predicted octanol–water partition coefficient (Wildman–Crippen LogP) is 3.19. The van der Waals surface area contributed by atoms with E-state index in [0.717, 1.165) is 13.2 Å². The lowest BCUT2D eigenvalue weighted by Crippen LogP contribution is -2.31. The molecular weight excluding hydrogens is 248 g/mol. The first-order valence-corrected chi connectivity index (χ1v) is 7.11. The highest BCUT2D eigenvalue weighted by atomic mass is 16.5. The number of rotatable bonds is 7. The van der Waals surface area contributed by atoms with Gasteiger partial charge >= 0.3 is 0 Å². The maximum absolute atomic E-state index is 5.59. The van der Waals surface area contributed by atoms with Crippen LogP contribution in [-0.2, 0) is 4.74 Å². The minimum atomic E-state index is 0.169. The molecule has 0 fully saturated rings. The second-order valence-corrected chi connectivity index (χ2v) is 4.80. The van der Waals surface area contributed by atoms with Gasteiger partial charge in [-0.3, -0.25) is 4.98 Å². The summed E-state index contributed by atoms with van der Waals surface area (Å²) in [5.41, 5.74) is 2.47. The Bertz CT molecular complexity index is 447. The van der Waals surface area contributed by atoms with E-state index in [4.69, 9.17) is 4.74 Å². The summed E-state index contributed by atoms with van der Waals surface area (Å²) in [4.78, 5) is 4.09. The number of ether oxygens (including phenoxy) is 1. The van der Waals surface area contributed by atoms with Crippen LogP contribution in [0.1, 0.15) is 31.0 Å². The molecule has 0 aliphatic heterocycles. The van der Waals surface area contributed by atoms with Gasteiger partial charge in [0.2, 0.25) is 0 Å². The Kier molecular flexibility index (Phi) is 5.71. The minimum absolute atomic E-state index is 0.169. The van der Waals surface area contributed by atoms with Gasteiger partial charge in [0.05, 0.1) is 12.1 Å². The Morgan fingerprint density at radius 2 is 1.70 bits per heavy atom. The van der Waals surface area contributed by atoms with E-state index >= 15 is 0 Å². The van der Waals surface area contributed by atoms with Gasteiger partial charge in [0.1, 0.15) is 0 Å². The van der Waals surface area contributed by atoms with Crippen LogP contribution in [0.25, 0.3) is 0 Å². The zero-order valence-corrected chi connectivity index (χ0v) is 12.1. The fourth-order valence-corrected chi connectivity index (χ4v) is 2.26. The number of aromatic nitrogens is 1. The van der Waals surface area contributed by atoms with Crippen molar-refractivity contribution >= 4 is 0 Å². The van der Waals surface area contributed by atoms with Gasteiger partial charge in [0, 0.05) is 25.5 Å². The molecule has 0 saturated heterocycles. The number of nitrogens with zero attached hydrogens (tertiary/aromatic N) is 1. The molecule has 1 aromatic heterocycles. The van der Waals surface area contributed by atoms with Crippen molar-refractivity contribution in [1.29, 1.82) is 0 Å². The van der Waals surface area contributed by atoms with E-state index in [9.17, 15) is 0 Å². The predicted molar refractivity (Wildman–Crippen MR) is 81.6 cm³/mol. The Hall–Kier alpha value is -1.71. The van der Waals surface area contributed by atoms with E-state index in [0.29, 0.717) is 0 Å². The van der Waals surface area contributed by atoms with E-state index in [-0.39, 0.29) is 12.1 Å². The lowest BCUT2D eigenvalue weighted by atomic mass is 9.99. The summed E-state index contributed by atoms with van der Waals surface area (Å²) in [6, 6.07) is 14.7. The number of pyridine rings is 1. The molecule has 2 atom stereocenters. The zero-order valence-electron chi connectivity index (χ0n) is 12.1. The Morgan fingerprint density at radius 1 is 1.05 bits per heavy atom. The third-order valence-corrected chi connectivity index (χ3v) is 3.23. The fraction of sp³-hybridized carbons (Fsp3) is 0.353. The van der Waals surface area contributed by atoms with Crippen molar-refractivity contribution in [3.05, 3.63) is 66.0 Å². The lowest BCUT2D eigenvalue weighted by molar-refractivity contribution is 0.0748. The normalized spacial score (nSPS) is 13.9. The average molecular weight is 270 g/mol. The minimum Gasteiger partial charge on any atom is -0.377 e. The van der Waals surface area contributed by atoms with Crippen LogP contribution in [0.5, 0.6) is 0 Å². The molecule has 3 heteroatoms. The van der Waals surface area contributed by atoms with E-state index in [2.05, 4.69) is 53.6 Å². The number of hydrogen-bond acceptors (Lipinski definition) is 3. The molecule has 1 aromatic carbocycles. The molecule has 0 amide bonds. The maximum Gasteiger partial charge on any atom is 0.0671 e. The van der Waals surface area contributed by atoms with Gasteiger partial charge < -0.3 is 10.1 Å². The van der Waals surface area contributed by atoms with Crippen molar-refractivity contribution in [1.82, 2.24) is 10.3 Å². The van der Waals surface area contributed by atoms with Crippen LogP contribution in [0.15, 0.2) is 54.9 Å². The molecule has 1 N–H and O–H groups in total. The molecule has 0 aliphatic rings. The monoisotopic (exact) mass is 270 g/mol. The van der Waals surface area contributed by atoms with Crippen LogP contribution in [0, 0.1) is 0 Å². The summed E-state index contributed by atoms with van der Waals surface area (Å²) in [6.45, 7) is 5.67. The third kappa shape index (κ3) is 4.15. The topological polar surface area (TPSA) is 34.1 Å². The van der Waals surface area contributed by atoms with Crippen LogP contribution >= 0.6 is 0 Å². The first-order valence-electron chi connectivity index (χ1n) is 7.11. The highest BCUT2D eigenvalue weighted by molar-refractivity contribution is 5.30. The van der Waals surface area contributed by atoms with E-state index in [1.165, 1.54) is 11.1 Å². The second kappa shape index (κ2) is 7.78. The fourth-order valence-electron chi connectivity index (χ4n) is 2.26. The summed E-state index contributed by atoms with van der Waals surface area (Å²) in [6.07, 6.45) is 3.87. The third-order valence-electron chi connectivity index (χ3n) is 3.23. The molecule has 2 aromatic rings. The first-order chi connectivity index (χ1) is 9.81. The molecule has 106 valence electrons. The van der Waals surface area contributed by atoms with Gasteiger partial charge in [-0.05, 0) is 37.1 Å². The highest BCUT2D eigenvalue weighted by Crippen LogP contribution is 2.21. The first kappa shape index (κ1) is 14.7. The Labute approximate surface area is 121 Å². The standard InChI is InChI=1S/C17H22N2O/c1-3-20-14(2)13-19-17(15-7-5-4-6-8-15)16-9-11-18-12-10-16/h4-12,14,17,19H,3,13H2,1-2H3. The van der Waals surface area contributed by atoms with Crippen LogP contribution in [0.2, 0.25) is 0 Å². The van der Waals surface area contributed by atoms with Gasteiger partial charge in [-0.15, -0.1) is 0 Å². The van der Waals surface area contributed by atoms with Crippen molar-refractivity contribution < 1.29 is 4.74 Å². The van der Waals surface area contributed by atoms with Gasteiger partial charge in [0.15, 0.2) is 0 Å². The molecule has 0 aliphatic carbocycles. The quantitative estimate of drug-likeness (QED) is 0.839. The van der Waals surface area contributed by atoms with Crippen LogP contribution in [-0.4, -0.2) is 24.2 Å². The summed E-state index contributed by atoms with van der Waals surface area (Å²) >= 11 is 0. The molecule has 20 heavy (non-hydrogen) atoms. The molecule has 0 saturated carbocycles. The van der Waals surface area contributed by atoms with Gasteiger partial charge in [0.25, 0.3) is 0 Å². The lowest BCUT2D eigenvalue weighted by Gasteiger charge is -2.22. The average Bonchev–Trinajstić information content (AvgIpc) is 2.50.